The van der Waals surface area contributed by atoms with E-state index in [1.807, 2.05) is 6.92 Å². The maximum atomic E-state index is 13.0. The first-order valence-electron chi connectivity index (χ1n) is 6.97. The Balaban J connectivity index is 1.97. The molecule has 0 radical (unpaired) electrons. The lowest BCUT2D eigenvalue weighted by Gasteiger charge is -2.34. The van der Waals surface area contributed by atoms with Gasteiger partial charge in [0.25, 0.3) is 0 Å². The molecule has 5 heteroatoms. The number of nitrogens with zero attached hydrogens (tertiary/aromatic N) is 1. The highest BCUT2D eigenvalue weighted by Crippen LogP contribution is 2.23. The number of nitrogens with one attached hydrogen (secondary N) is 1. The third-order valence-electron chi connectivity index (χ3n) is 3.93. The molecule has 20 heavy (non-hydrogen) atoms. The van der Waals surface area contributed by atoms with Crippen molar-refractivity contribution in [2.75, 3.05) is 18.4 Å². The van der Waals surface area contributed by atoms with Crippen LogP contribution in [0.4, 0.5) is 10.1 Å². The van der Waals surface area contributed by atoms with E-state index in [0.717, 1.165) is 31.8 Å². The Morgan fingerprint density at radius 2 is 2.10 bits per heavy atom. The fraction of sp³-hybridized carbons (Fsp3) is 0.533. The van der Waals surface area contributed by atoms with Crippen molar-refractivity contribution in [3.8, 4) is 0 Å². The zero-order valence-corrected chi connectivity index (χ0v) is 12.6. The number of rotatable bonds is 3. The third-order valence-corrected chi connectivity index (χ3v) is 4.25. The first-order chi connectivity index (χ1) is 9.47. The van der Waals surface area contributed by atoms with Crippen molar-refractivity contribution in [1.29, 1.82) is 0 Å². The molecule has 1 atom stereocenters. The van der Waals surface area contributed by atoms with Crippen LogP contribution in [0, 0.1) is 11.7 Å². The number of amides is 1. The van der Waals surface area contributed by atoms with Gasteiger partial charge in [-0.25, -0.2) is 4.39 Å². The summed E-state index contributed by atoms with van der Waals surface area (Å²) < 4.78 is 13.0. The molecule has 0 aliphatic carbocycles. The standard InChI is InChI=1S/C15H20ClFN2O/c1-10-5-7-19(8-6-10)11(2)15(20)18-14-4-3-12(17)9-13(14)16/h3-4,9-11H,5-8H2,1-2H3,(H,18,20)/t11-/m1/s1. The van der Waals surface area contributed by atoms with E-state index < -0.39 is 5.82 Å². The molecule has 1 aromatic carbocycles. The van der Waals surface area contributed by atoms with E-state index >= 15 is 0 Å². The van der Waals surface area contributed by atoms with Crippen LogP contribution >= 0.6 is 11.6 Å². The number of hydrogen-bond donors (Lipinski definition) is 1. The Kier molecular flexibility index (Phi) is 5.00. The lowest BCUT2D eigenvalue weighted by atomic mass is 9.98. The summed E-state index contributed by atoms with van der Waals surface area (Å²) in [5, 5.41) is 2.99. The second-order valence-electron chi connectivity index (χ2n) is 5.51. The molecular weight excluding hydrogens is 279 g/mol. The Labute approximate surface area is 124 Å². The third kappa shape index (κ3) is 3.70. The van der Waals surface area contributed by atoms with E-state index in [1.165, 1.54) is 18.2 Å². The molecule has 1 aliphatic heterocycles. The van der Waals surface area contributed by atoms with Gasteiger partial charge in [0.2, 0.25) is 5.91 Å². The summed E-state index contributed by atoms with van der Waals surface area (Å²) in [7, 11) is 0. The van der Waals surface area contributed by atoms with Crippen LogP contribution < -0.4 is 5.32 Å². The SMILES string of the molecule is CC1CCN([C@H](C)C(=O)Nc2ccc(F)cc2Cl)CC1. The molecule has 1 aromatic rings. The van der Waals surface area contributed by atoms with E-state index in [0.29, 0.717) is 5.69 Å². The monoisotopic (exact) mass is 298 g/mol. The van der Waals surface area contributed by atoms with Crippen molar-refractivity contribution >= 4 is 23.2 Å². The average molecular weight is 299 g/mol. The number of piperidine rings is 1. The van der Waals surface area contributed by atoms with Crippen molar-refractivity contribution in [2.45, 2.75) is 32.7 Å². The normalized spacial score (nSPS) is 18.8. The summed E-state index contributed by atoms with van der Waals surface area (Å²) in [6, 6.07) is 3.77. The summed E-state index contributed by atoms with van der Waals surface area (Å²) in [6.45, 7) is 6.00. The molecule has 1 aliphatic rings. The van der Waals surface area contributed by atoms with Gasteiger partial charge in [-0.05, 0) is 57.0 Å². The molecule has 0 aromatic heterocycles. The molecule has 0 spiro atoms. The molecule has 1 fully saturated rings. The zero-order valence-electron chi connectivity index (χ0n) is 11.8. The van der Waals surface area contributed by atoms with E-state index in [1.54, 1.807) is 0 Å². The van der Waals surface area contributed by atoms with Crippen LogP contribution in [0.3, 0.4) is 0 Å². The minimum absolute atomic E-state index is 0.104. The van der Waals surface area contributed by atoms with E-state index in [-0.39, 0.29) is 17.0 Å². The number of carbonyl (C=O) groups is 1. The lowest BCUT2D eigenvalue weighted by molar-refractivity contribution is -0.121. The van der Waals surface area contributed by atoms with E-state index in [9.17, 15) is 9.18 Å². The maximum Gasteiger partial charge on any atom is 0.241 e. The second-order valence-corrected chi connectivity index (χ2v) is 5.92. The topological polar surface area (TPSA) is 32.3 Å². The first kappa shape index (κ1) is 15.3. The smallest absolute Gasteiger partial charge is 0.241 e. The van der Waals surface area contributed by atoms with Gasteiger partial charge < -0.3 is 5.32 Å². The fourth-order valence-corrected chi connectivity index (χ4v) is 2.62. The first-order valence-corrected chi connectivity index (χ1v) is 7.35. The molecule has 1 saturated heterocycles. The van der Waals surface area contributed by atoms with Gasteiger partial charge in [-0.1, -0.05) is 18.5 Å². The molecule has 0 unspecified atom stereocenters. The van der Waals surface area contributed by atoms with Gasteiger partial charge >= 0.3 is 0 Å². The number of anilines is 1. The number of hydrogen-bond acceptors (Lipinski definition) is 2. The number of halogens is 2. The summed E-state index contributed by atoms with van der Waals surface area (Å²) >= 11 is 5.91. The van der Waals surface area contributed by atoms with Crippen LogP contribution in [0.5, 0.6) is 0 Å². The summed E-state index contributed by atoms with van der Waals surface area (Å²) in [5.41, 5.74) is 0.454. The minimum Gasteiger partial charge on any atom is -0.323 e. The lowest BCUT2D eigenvalue weighted by Crippen LogP contribution is -2.45. The molecule has 2 rings (SSSR count). The van der Waals surface area contributed by atoms with Crippen LogP contribution in [0.15, 0.2) is 18.2 Å². The molecule has 1 amide bonds. The van der Waals surface area contributed by atoms with Crippen molar-refractivity contribution in [1.82, 2.24) is 4.90 Å². The molecule has 3 nitrogen and oxygen atoms in total. The molecule has 110 valence electrons. The van der Waals surface area contributed by atoms with E-state index in [4.69, 9.17) is 11.6 Å². The second kappa shape index (κ2) is 6.55. The maximum absolute atomic E-state index is 13.0. The largest absolute Gasteiger partial charge is 0.323 e. The van der Waals surface area contributed by atoms with Crippen molar-refractivity contribution in [3.63, 3.8) is 0 Å². The zero-order chi connectivity index (χ0) is 14.7. The van der Waals surface area contributed by atoms with Gasteiger partial charge in [0.1, 0.15) is 5.82 Å². The quantitative estimate of drug-likeness (QED) is 0.926. The molecule has 1 heterocycles. The van der Waals surface area contributed by atoms with Crippen LogP contribution in [0.1, 0.15) is 26.7 Å². The Morgan fingerprint density at radius 1 is 1.45 bits per heavy atom. The van der Waals surface area contributed by atoms with Crippen LogP contribution in [0.2, 0.25) is 5.02 Å². The van der Waals surface area contributed by atoms with Gasteiger partial charge in [-0.15, -0.1) is 0 Å². The minimum atomic E-state index is -0.411. The van der Waals surface area contributed by atoms with Crippen molar-refractivity contribution in [3.05, 3.63) is 29.0 Å². The van der Waals surface area contributed by atoms with E-state index in [2.05, 4.69) is 17.1 Å². The molecule has 0 saturated carbocycles. The van der Waals surface area contributed by atoms with Crippen LogP contribution in [0.25, 0.3) is 0 Å². The van der Waals surface area contributed by atoms with Crippen molar-refractivity contribution in [2.24, 2.45) is 5.92 Å². The Bertz CT molecular complexity index is 487. The predicted octanol–water partition coefficient (Wildman–Crippen LogP) is 3.54. The Hall–Kier alpha value is -1.13. The van der Waals surface area contributed by atoms with Gasteiger partial charge in [0, 0.05) is 0 Å². The highest BCUT2D eigenvalue weighted by molar-refractivity contribution is 6.33. The van der Waals surface area contributed by atoms with Gasteiger partial charge in [0.15, 0.2) is 0 Å². The number of benzene rings is 1. The van der Waals surface area contributed by atoms with Gasteiger partial charge in [-0.3, -0.25) is 9.69 Å². The summed E-state index contributed by atoms with van der Waals surface area (Å²) in [6.07, 6.45) is 2.24. The highest BCUT2D eigenvalue weighted by Gasteiger charge is 2.25. The average Bonchev–Trinajstić information content (AvgIpc) is 2.42. The molecule has 0 bridgehead atoms. The highest BCUT2D eigenvalue weighted by atomic mass is 35.5. The number of carbonyl (C=O) groups excluding carboxylic acids is 1. The van der Waals surface area contributed by atoms with Crippen LogP contribution in [-0.4, -0.2) is 29.9 Å². The van der Waals surface area contributed by atoms with Crippen LogP contribution in [-0.2, 0) is 4.79 Å². The van der Waals surface area contributed by atoms with Crippen molar-refractivity contribution < 1.29 is 9.18 Å². The fourth-order valence-electron chi connectivity index (χ4n) is 2.41. The number of likely N-dealkylation sites (tertiary alicyclic amines) is 1. The summed E-state index contributed by atoms with van der Waals surface area (Å²) in [5.74, 6) is 0.215. The summed E-state index contributed by atoms with van der Waals surface area (Å²) in [4.78, 5) is 14.4. The molecule has 1 N–H and O–H groups in total. The Morgan fingerprint density at radius 3 is 2.70 bits per heavy atom. The van der Waals surface area contributed by atoms with Gasteiger partial charge in [-0.2, -0.15) is 0 Å². The van der Waals surface area contributed by atoms with Gasteiger partial charge in [0.05, 0.1) is 16.8 Å². The predicted molar refractivity (Wildman–Crippen MR) is 79.5 cm³/mol. The molecular formula is C15H20ClFN2O.